The fourth-order valence-corrected chi connectivity index (χ4v) is 4.72. The number of hydrogen-bond acceptors (Lipinski definition) is 5. The second kappa shape index (κ2) is 9.61. The number of benzene rings is 2. The average Bonchev–Trinajstić information content (AvgIpc) is 2.83. The topological polar surface area (TPSA) is 75.9 Å². The Kier molecular flexibility index (Phi) is 6.79. The van der Waals surface area contributed by atoms with Gasteiger partial charge in [0.25, 0.3) is 5.69 Å². The van der Waals surface area contributed by atoms with Crippen molar-refractivity contribution in [1.82, 2.24) is 4.90 Å². The van der Waals surface area contributed by atoms with Gasteiger partial charge in [0.05, 0.1) is 23.1 Å². The van der Waals surface area contributed by atoms with Crippen LogP contribution in [0.3, 0.4) is 0 Å². The molecule has 0 aromatic heterocycles. The van der Waals surface area contributed by atoms with Gasteiger partial charge in [0.1, 0.15) is 11.8 Å². The van der Waals surface area contributed by atoms with Gasteiger partial charge >= 0.3 is 6.18 Å². The quantitative estimate of drug-likeness (QED) is 0.466. The molecule has 2 aliphatic rings. The lowest BCUT2D eigenvalue weighted by Crippen LogP contribution is -2.50. The molecule has 4 rings (SSSR count). The molecule has 2 unspecified atom stereocenters. The summed E-state index contributed by atoms with van der Waals surface area (Å²) in [6.07, 6.45) is -4.03. The highest BCUT2D eigenvalue weighted by Crippen LogP contribution is 2.38. The molecular weight excluding hydrogens is 451 g/mol. The first-order chi connectivity index (χ1) is 16.1. The van der Waals surface area contributed by atoms with Crippen LogP contribution in [0.1, 0.15) is 37.0 Å². The molecule has 2 atom stereocenters. The van der Waals surface area contributed by atoms with E-state index in [2.05, 4.69) is 0 Å². The van der Waals surface area contributed by atoms with Crippen molar-refractivity contribution in [3.63, 3.8) is 0 Å². The summed E-state index contributed by atoms with van der Waals surface area (Å²) in [5.41, 5.74) is -0.473. The summed E-state index contributed by atoms with van der Waals surface area (Å²) in [5.74, 6) is -0.218. The van der Waals surface area contributed by atoms with E-state index in [1.165, 1.54) is 0 Å². The first-order valence-corrected chi connectivity index (χ1v) is 11.2. The van der Waals surface area contributed by atoms with Crippen LogP contribution in [0.15, 0.2) is 48.5 Å². The van der Waals surface area contributed by atoms with E-state index in [0.717, 1.165) is 17.7 Å². The first-order valence-electron chi connectivity index (χ1n) is 11.2. The summed E-state index contributed by atoms with van der Waals surface area (Å²) in [4.78, 5) is 27.4. The van der Waals surface area contributed by atoms with E-state index in [1.54, 1.807) is 4.90 Å². The van der Waals surface area contributed by atoms with Gasteiger partial charge in [-0.15, -0.1) is 0 Å². The number of amides is 1. The minimum atomic E-state index is -4.66. The lowest BCUT2D eigenvalue weighted by Gasteiger charge is -2.40. The zero-order chi connectivity index (χ0) is 24.5. The summed E-state index contributed by atoms with van der Waals surface area (Å²) < 4.78 is 45.0. The predicted molar refractivity (Wildman–Crippen MR) is 119 cm³/mol. The van der Waals surface area contributed by atoms with E-state index < -0.39 is 22.4 Å². The van der Waals surface area contributed by atoms with E-state index >= 15 is 0 Å². The van der Waals surface area contributed by atoms with Crippen LogP contribution in [0, 0.1) is 16.0 Å². The molecule has 2 fully saturated rings. The van der Waals surface area contributed by atoms with E-state index in [0.29, 0.717) is 45.1 Å². The van der Waals surface area contributed by atoms with Crippen molar-refractivity contribution in [2.24, 2.45) is 5.92 Å². The van der Waals surface area contributed by atoms with Gasteiger partial charge in [0.15, 0.2) is 0 Å². The largest absolute Gasteiger partial charge is 0.416 e. The van der Waals surface area contributed by atoms with E-state index in [9.17, 15) is 28.1 Å². The number of rotatable bonds is 4. The highest BCUT2D eigenvalue weighted by Gasteiger charge is 2.37. The number of ether oxygens (including phenoxy) is 1. The maximum absolute atomic E-state index is 13.3. The standard InChI is InChI=1S/C24H26F3N3O4/c1-16-14-29(15-22(34-16)17-5-3-2-4-6-17)23(31)18-9-11-28(12-10-18)20-8-7-19(24(25,26)27)13-21(20)30(32)33/h2-8,13,16,18,22H,9-12,14-15H2,1H3. The molecular formula is C24H26F3N3O4. The van der Waals surface area contributed by atoms with Gasteiger partial charge in [-0.25, -0.2) is 0 Å². The van der Waals surface area contributed by atoms with Gasteiger partial charge in [-0.05, 0) is 37.5 Å². The number of hydrogen-bond donors (Lipinski definition) is 0. The Labute approximate surface area is 195 Å². The predicted octanol–water partition coefficient (Wildman–Crippen LogP) is 4.82. The molecule has 182 valence electrons. The lowest BCUT2D eigenvalue weighted by atomic mass is 9.93. The molecule has 1 amide bonds. The number of nitro benzene ring substituents is 1. The molecule has 0 radical (unpaired) electrons. The van der Waals surface area contributed by atoms with Crippen molar-refractivity contribution < 1.29 is 27.6 Å². The summed E-state index contributed by atoms with van der Waals surface area (Å²) in [6, 6.07) is 12.3. The molecule has 7 nitrogen and oxygen atoms in total. The SMILES string of the molecule is CC1CN(C(=O)C2CCN(c3ccc(C(F)(F)F)cc3[N+](=O)[O-])CC2)CC(c2ccccc2)O1. The van der Waals surface area contributed by atoms with Crippen LogP contribution in [0.5, 0.6) is 0 Å². The molecule has 0 bridgehead atoms. The minimum Gasteiger partial charge on any atom is -0.367 e. The van der Waals surface area contributed by atoms with Crippen molar-refractivity contribution in [3.05, 3.63) is 69.8 Å². The molecule has 10 heteroatoms. The monoisotopic (exact) mass is 477 g/mol. The third-order valence-electron chi connectivity index (χ3n) is 6.43. The molecule has 0 aliphatic carbocycles. The Morgan fingerprint density at radius 3 is 2.38 bits per heavy atom. The maximum Gasteiger partial charge on any atom is 0.416 e. The fourth-order valence-electron chi connectivity index (χ4n) is 4.72. The Bertz CT molecular complexity index is 1040. The van der Waals surface area contributed by atoms with Crippen molar-refractivity contribution >= 4 is 17.3 Å². The van der Waals surface area contributed by atoms with Crippen LogP contribution < -0.4 is 4.90 Å². The van der Waals surface area contributed by atoms with Crippen LogP contribution in [0.2, 0.25) is 0 Å². The Hall–Kier alpha value is -3.14. The van der Waals surface area contributed by atoms with Gasteiger partial charge in [0, 0.05) is 31.6 Å². The summed E-state index contributed by atoms with van der Waals surface area (Å²) in [7, 11) is 0. The summed E-state index contributed by atoms with van der Waals surface area (Å²) in [6.45, 7) is 3.58. The number of carbonyl (C=O) groups is 1. The van der Waals surface area contributed by atoms with Gasteiger partial charge in [-0.1, -0.05) is 30.3 Å². The zero-order valence-electron chi connectivity index (χ0n) is 18.7. The molecule has 2 aliphatic heterocycles. The highest BCUT2D eigenvalue weighted by atomic mass is 19.4. The molecule has 2 saturated heterocycles. The number of piperidine rings is 1. The number of anilines is 1. The molecule has 2 heterocycles. The molecule has 2 aromatic rings. The number of carbonyl (C=O) groups excluding carboxylic acids is 1. The smallest absolute Gasteiger partial charge is 0.367 e. The zero-order valence-corrected chi connectivity index (χ0v) is 18.7. The van der Waals surface area contributed by atoms with Gasteiger partial charge in [-0.3, -0.25) is 14.9 Å². The normalized spacial score (nSPS) is 22.0. The Morgan fingerprint density at radius 2 is 1.76 bits per heavy atom. The second-order valence-electron chi connectivity index (χ2n) is 8.81. The second-order valence-corrected chi connectivity index (χ2v) is 8.81. The fraction of sp³-hybridized carbons (Fsp3) is 0.458. The van der Waals surface area contributed by atoms with E-state index in [4.69, 9.17) is 4.74 Å². The highest BCUT2D eigenvalue weighted by molar-refractivity contribution is 5.79. The number of halogens is 3. The Morgan fingerprint density at radius 1 is 1.09 bits per heavy atom. The van der Waals surface area contributed by atoms with Crippen LogP contribution in [-0.4, -0.2) is 48.0 Å². The summed E-state index contributed by atoms with van der Waals surface area (Å²) >= 11 is 0. The molecule has 0 saturated carbocycles. The van der Waals surface area contributed by atoms with Crippen LogP contribution in [0.4, 0.5) is 24.5 Å². The van der Waals surface area contributed by atoms with Crippen LogP contribution >= 0.6 is 0 Å². The summed E-state index contributed by atoms with van der Waals surface area (Å²) in [5, 5.41) is 11.4. The number of nitrogens with zero attached hydrogens (tertiary/aromatic N) is 3. The minimum absolute atomic E-state index is 0.0256. The lowest BCUT2D eigenvalue weighted by molar-refractivity contribution is -0.384. The first kappa shape index (κ1) is 24.0. The molecule has 0 spiro atoms. The van der Waals surface area contributed by atoms with E-state index in [-0.39, 0.29) is 29.7 Å². The van der Waals surface area contributed by atoms with Crippen molar-refractivity contribution in [2.75, 3.05) is 31.1 Å². The van der Waals surface area contributed by atoms with Gasteiger partial charge in [-0.2, -0.15) is 13.2 Å². The maximum atomic E-state index is 13.3. The van der Waals surface area contributed by atoms with Crippen molar-refractivity contribution in [2.45, 2.75) is 38.1 Å². The number of morpholine rings is 1. The number of alkyl halides is 3. The van der Waals surface area contributed by atoms with E-state index in [1.807, 2.05) is 42.2 Å². The average molecular weight is 477 g/mol. The third-order valence-corrected chi connectivity index (χ3v) is 6.43. The third kappa shape index (κ3) is 5.16. The molecule has 2 aromatic carbocycles. The molecule has 34 heavy (non-hydrogen) atoms. The Balaban J connectivity index is 1.43. The van der Waals surface area contributed by atoms with Crippen LogP contribution in [0.25, 0.3) is 0 Å². The van der Waals surface area contributed by atoms with Crippen LogP contribution in [-0.2, 0) is 15.7 Å². The molecule has 0 N–H and O–H groups in total. The van der Waals surface area contributed by atoms with Gasteiger partial charge < -0.3 is 14.5 Å². The van der Waals surface area contributed by atoms with Crippen molar-refractivity contribution in [3.8, 4) is 0 Å². The van der Waals surface area contributed by atoms with Crippen molar-refractivity contribution in [1.29, 1.82) is 0 Å². The number of nitro groups is 1. The van der Waals surface area contributed by atoms with Gasteiger partial charge in [0.2, 0.25) is 5.91 Å².